The summed E-state index contributed by atoms with van der Waals surface area (Å²) >= 11 is 0. The molecule has 23 heavy (non-hydrogen) atoms. The molecule has 3 aliphatic heterocycles. The predicted octanol–water partition coefficient (Wildman–Crippen LogP) is 2.55. The molecule has 1 N–H and O–H groups in total. The van der Waals surface area contributed by atoms with Gasteiger partial charge in [-0.05, 0) is 48.2 Å². The Hall–Kier alpha value is -2.40. The average Bonchev–Trinajstić information content (AvgIpc) is 3.22. The van der Waals surface area contributed by atoms with Crippen LogP contribution in [-0.4, -0.2) is 20.1 Å². The summed E-state index contributed by atoms with van der Waals surface area (Å²) in [6.45, 7) is 1.56. The molecule has 0 fully saturated rings. The smallest absolute Gasteiger partial charge is 0.231 e. The summed E-state index contributed by atoms with van der Waals surface area (Å²) in [4.78, 5) is 0. The van der Waals surface area contributed by atoms with Crippen LogP contribution in [0.1, 0.15) is 22.7 Å². The maximum Gasteiger partial charge on any atom is 0.231 e. The monoisotopic (exact) mass is 309 g/mol. The fraction of sp³-hybridized carbons (Fsp3) is 0.333. The van der Waals surface area contributed by atoms with Crippen molar-refractivity contribution in [2.45, 2.75) is 18.9 Å². The highest BCUT2D eigenvalue weighted by molar-refractivity contribution is 5.89. The highest BCUT2D eigenvalue weighted by Gasteiger charge is 2.38. The van der Waals surface area contributed by atoms with Gasteiger partial charge in [-0.25, -0.2) is 0 Å². The Morgan fingerprint density at radius 3 is 2.61 bits per heavy atom. The van der Waals surface area contributed by atoms with Crippen LogP contribution in [-0.2, 0) is 12.8 Å². The topological polar surface area (TPSA) is 49.0 Å². The quantitative estimate of drug-likeness (QED) is 0.810. The van der Waals surface area contributed by atoms with E-state index in [1.54, 1.807) is 0 Å². The van der Waals surface area contributed by atoms with E-state index in [9.17, 15) is 0 Å². The van der Waals surface area contributed by atoms with Crippen molar-refractivity contribution >= 4 is 0 Å². The first-order chi connectivity index (χ1) is 11.4. The van der Waals surface area contributed by atoms with E-state index in [0.29, 0.717) is 6.04 Å². The number of ether oxygens (including phenoxy) is 4. The van der Waals surface area contributed by atoms with Gasteiger partial charge in [0.2, 0.25) is 13.6 Å². The molecule has 0 saturated carbocycles. The lowest BCUT2D eigenvalue weighted by Gasteiger charge is -2.35. The lowest BCUT2D eigenvalue weighted by atomic mass is 9.77. The van der Waals surface area contributed by atoms with Gasteiger partial charge in [0.25, 0.3) is 0 Å². The molecule has 2 aromatic rings. The molecule has 1 aliphatic carbocycles. The second-order valence-corrected chi connectivity index (χ2v) is 6.35. The van der Waals surface area contributed by atoms with E-state index in [-0.39, 0.29) is 13.6 Å². The van der Waals surface area contributed by atoms with Crippen molar-refractivity contribution in [3.05, 3.63) is 34.9 Å². The molecule has 0 saturated heterocycles. The molecule has 6 rings (SSSR count). The van der Waals surface area contributed by atoms with E-state index in [1.807, 2.05) is 6.07 Å². The predicted molar refractivity (Wildman–Crippen MR) is 82.3 cm³/mol. The molecule has 116 valence electrons. The Labute approximate surface area is 133 Å². The Morgan fingerprint density at radius 2 is 1.70 bits per heavy atom. The van der Waals surface area contributed by atoms with Crippen molar-refractivity contribution in [1.82, 2.24) is 5.32 Å². The van der Waals surface area contributed by atoms with Crippen LogP contribution in [0.15, 0.2) is 18.2 Å². The summed E-state index contributed by atoms with van der Waals surface area (Å²) in [5.41, 5.74) is 6.23. The van der Waals surface area contributed by atoms with Gasteiger partial charge >= 0.3 is 0 Å². The van der Waals surface area contributed by atoms with Gasteiger partial charge in [-0.3, -0.25) is 0 Å². The second-order valence-electron chi connectivity index (χ2n) is 6.35. The lowest BCUT2D eigenvalue weighted by Crippen LogP contribution is -2.33. The zero-order valence-electron chi connectivity index (χ0n) is 12.5. The van der Waals surface area contributed by atoms with Crippen molar-refractivity contribution < 1.29 is 18.9 Å². The summed E-state index contributed by atoms with van der Waals surface area (Å²) in [5.74, 6) is 3.36. The van der Waals surface area contributed by atoms with Gasteiger partial charge in [0.05, 0.1) is 0 Å². The maximum absolute atomic E-state index is 5.84. The molecule has 4 aliphatic rings. The SMILES string of the molecule is c1cc2c(c3c1C[C@@H]1NCCc4cc5c(c-3c41)OCO5)OCO2. The van der Waals surface area contributed by atoms with Crippen LogP contribution in [0.25, 0.3) is 11.1 Å². The molecule has 0 radical (unpaired) electrons. The van der Waals surface area contributed by atoms with Crippen LogP contribution in [0.5, 0.6) is 23.0 Å². The van der Waals surface area contributed by atoms with Crippen molar-refractivity contribution in [2.75, 3.05) is 20.1 Å². The highest BCUT2D eigenvalue weighted by Crippen LogP contribution is 2.56. The highest BCUT2D eigenvalue weighted by atomic mass is 16.7. The maximum atomic E-state index is 5.84. The Morgan fingerprint density at radius 1 is 0.870 bits per heavy atom. The third-order valence-corrected chi connectivity index (χ3v) is 5.22. The average molecular weight is 309 g/mol. The number of fused-ring (bicyclic) bond motifs is 6. The standard InChI is InChI=1S/C18H15NO4/c1-2-12-17(22-7-20-12)15-9(1)5-11-14-10(3-4-19-11)6-13-18(16(14)15)23-8-21-13/h1-2,6,11,19H,3-5,7-8H2/t11-/m0/s1. The molecule has 5 heteroatoms. The fourth-order valence-electron chi connectivity index (χ4n) is 4.30. The third-order valence-electron chi connectivity index (χ3n) is 5.22. The van der Waals surface area contributed by atoms with E-state index in [1.165, 1.54) is 16.7 Å². The third kappa shape index (κ3) is 1.45. The van der Waals surface area contributed by atoms with Crippen LogP contribution >= 0.6 is 0 Å². The molecule has 0 bridgehead atoms. The molecule has 0 amide bonds. The summed E-state index contributed by atoms with van der Waals surface area (Å²) in [6.07, 6.45) is 1.98. The minimum atomic E-state index is 0.280. The molecule has 0 spiro atoms. The van der Waals surface area contributed by atoms with Crippen LogP contribution in [0, 0.1) is 0 Å². The largest absolute Gasteiger partial charge is 0.454 e. The first-order valence-corrected chi connectivity index (χ1v) is 8.01. The van der Waals surface area contributed by atoms with Crippen LogP contribution in [0.3, 0.4) is 0 Å². The van der Waals surface area contributed by atoms with Gasteiger partial charge in [0.1, 0.15) is 0 Å². The first kappa shape index (κ1) is 12.1. The molecular weight excluding hydrogens is 294 g/mol. The molecular formula is C18H15NO4. The van der Waals surface area contributed by atoms with E-state index in [2.05, 4.69) is 17.4 Å². The second kappa shape index (κ2) is 4.11. The summed E-state index contributed by atoms with van der Waals surface area (Å²) < 4.78 is 22.9. The minimum Gasteiger partial charge on any atom is -0.454 e. The van der Waals surface area contributed by atoms with Gasteiger partial charge in [0, 0.05) is 17.2 Å². The lowest BCUT2D eigenvalue weighted by molar-refractivity contribution is 0.172. The van der Waals surface area contributed by atoms with Gasteiger partial charge in [-0.2, -0.15) is 0 Å². The van der Waals surface area contributed by atoms with E-state index in [0.717, 1.165) is 53.5 Å². The summed E-state index contributed by atoms with van der Waals surface area (Å²) in [6, 6.07) is 6.64. The van der Waals surface area contributed by atoms with E-state index in [4.69, 9.17) is 18.9 Å². The number of nitrogens with one attached hydrogen (secondary N) is 1. The number of benzene rings is 2. The number of hydrogen-bond acceptors (Lipinski definition) is 5. The Kier molecular flexibility index (Phi) is 2.16. The van der Waals surface area contributed by atoms with Crippen LogP contribution in [0.4, 0.5) is 0 Å². The first-order valence-electron chi connectivity index (χ1n) is 8.01. The minimum absolute atomic E-state index is 0.280. The normalized spacial score (nSPS) is 21.8. The van der Waals surface area contributed by atoms with E-state index >= 15 is 0 Å². The number of hydrogen-bond donors (Lipinski definition) is 1. The van der Waals surface area contributed by atoms with E-state index < -0.39 is 0 Å². The summed E-state index contributed by atoms with van der Waals surface area (Å²) in [5, 5.41) is 3.65. The van der Waals surface area contributed by atoms with Crippen molar-refractivity contribution in [3.8, 4) is 34.1 Å². The molecule has 0 unspecified atom stereocenters. The molecule has 5 nitrogen and oxygen atoms in total. The van der Waals surface area contributed by atoms with Crippen LogP contribution in [0.2, 0.25) is 0 Å². The fourth-order valence-corrected chi connectivity index (χ4v) is 4.30. The van der Waals surface area contributed by atoms with Crippen molar-refractivity contribution in [3.63, 3.8) is 0 Å². The molecule has 1 atom stereocenters. The van der Waals surface area contributed by atoms with Gasteiger partial charge in [0.15, 0.2) is 23.0 Å². The Balaban J connectivity index is 1.74. The molecule has 0 aromatic heterocycles. The zero-order chi connectivity index (χ0) is 15.0. The van der Waals surface area contributed by atoms with Crippen molar-refractivity contribution in [2.24, 2.45) is 0 Å². The molecule has 2 aromatic carbocycles. The summed E-state index contributed by atoms with van der Waals surface area (Å²) in [7, 11) is 0. The van der Waals surface area contributed by atoms with Gasteiger partial charge in [-0.1, -0.05) is 6.07 Å². The van der Waals surface area contributed by atoms with Gasteiger partial charge < -0.3 is 24.3 Å². The van der Waals surface area contributed by atoms with Gasteiger partial charge in [-0.15, -0.1) is 0 Å². The van der Waals surface area contributed by atoms with Crippen molar-refractivity contribution in [1.29, 1.82) is 0 Å². The van der Waals surface area contributed by atoms with Crippen LogP contribution < -0.4 is 24.3 Å². The molecule has 3 heterocycles. The zero-order valence-corrected chi connectivity index (χ0v) is 12.5. The Bertz CT molecular complexity index is 861. The number of rotatable bonds is 0.